The van der Waals surface area contributed by atoms with E-state index in [9.17, 15) is 23.3 Å². The summed E-state index contributed by atoms with van der Waals surface area (Å²) in [6.07, 6.45) is 0. The van der Waals surface area contributed by atoms with Crippen LogP contribution >= 0.6 is 11.8 Å². The molecule has 0 spiro atoms. The third-order valence-electron chi connectivity index (χ3n) is 4.92. The number of nitro benzene ring substituents is 1. The molecule has 10 heteroatoms. The molecule has 0 aliphatic carbocycles. The van der Waals surface area contributed by atoms with Gasteiger partial charge in [0.15, 0.2) is 0 Å². The Morgan fingerprint density at radius 1 is 1.00 bits per heavy atom. The second-order valence-corrected chi connectivity index (χ2v) is 10.5. The molecule has 8 nitrogen and oxygen atoms in total. The summed E-state index contributed by atoms with van der Waals surface area (Å²) in [5, 5.41) is 13.7. The molecule has 0 unspecified atom stereocenters. The Balaban J connectivity index is 1.65. The molecule has 34 heavy (non-hydrogen) atoms. The standard InChI is InChI=1S/C24H25N3O5S2/c1-19-7-9-20(10-8-19)18-33-16-15-25-24(28)17-26(21-11-13-22(14-12-21)27(29)30)34(31,32)23-5-3-2-4-6-23/h2-14H,15-18H2,1H3,(H,25,28). The van der Waals surface area contributed by atoms with Crippen molar-refractivity contribution >= 4 is 39.1 Å². The van der Waals surface area contributed by atoms with Gasteiger partial charge >= 0.3 is 0 Å². The molecule has 0 aromatic heterocycles. The minimum absolute atomic E-state index is 0.0230. The monoisotopic (exact) mass is 499 g/mol. The van der Waals surface area contributed by atoms with Gasteiger partial charge in [-0.25, -0.2) is 8.42 Å². The van der Waals surface area contributed by atoms with Gasteiger partial charge in [0.2, 0.25) is 5.91 Å². The number of hydrogen-bond donors (Lipinski definition) is 1. The third-order valence-corrected chi connectivity index (χ3v) is 7.74. The first-order valence-electron chi connectivity index (χ1n) is 10.5. The van der Waals surface area contributed by atoms with Crippen LogP contribution in [0.4, 0.5) is 11.4 Å². The average molecular weight is 500 g/mol. The number of hydrogen-bond acceptors (Lipinski definition) is 6. The fourth-order valence-electron chi connectivity index (χ4n) is 3.10. The lowest BCUT2D eigenvalue weighted by Gasteiger charge is -2.24. The van der Waals surface area contributed by atoms with E-state index in [1.807, 2.05) is 6.92 Å². The first-order chi connectivity index (χ1) is 16.3. The van der Waals surface area contributed by atoms with Crippen molar-refractivity contribution in [3.8, 4) is 0 Å². The molecule has 0 saturated heterocycles. The zero-order valence-electron chi connectivity index (χ0n) is 18.6. The van der Waals surface area contributed by atoms with E-state index in [0.717, 1.165) is 10.1 Å². The zero-order chi connectivity index (χ0) is 24.6. The van der Waals surface area contributed by atoms with Crippen molar-refractivity contribution < 1.29 is 18.1 Å². The van der Waals surface area contributed by atoms with Crippen molar-refractivity contribution in [3.05, 3.63) is 100 Å². The summed E-state index contributed by atoms with van der Waals surface area (Å²) in [6.45, 7) is 1.97. The third kappa shape index (κ3) is 6.82. The van der Waals surface area contributed by atoms with E-state index in [1.54, 1.807) is 30.0 Å². The van der Waals surface area contributed by atoms with Crippen LogP contribution < -0.4 is 9.62 Å². The minimum Gasteiger partial charge on any atom is -0.354 e. The van der Waals surface area contributed by atoms with Gasteiger partial charge in [-0.1, -0.05) is 48.0 Å². The Morgan fingerprint density at radius 3 is 2.26 bits per heavy atom. The smallest absolute Gasteiger partial charge is 0.269 e. The van der Waals surface area contributed by atoms with E-state index in [1.165, 1.54) is 47.5 Å². The summed E-state index contributed by atoms with van der Waals surface area (Å²) >= 11 is 1.67. The van der Waals surface area contributed by atoms with Gasteiger partial charge in [0.25, 0.3) is 15.7 Å². The molecule has 3 rings (SSSR count). The van der Waals surface area contributed by atoms with Crippen LogP contribution in [-0.4, -0.2) is 38.1 Å². The largest absolute Gasteiger partial charge is 0.354 e. The lowest BCUT2D eigenvalue weighted by atomic mass is 10.2. The van der Waals surface area contributed by atoms with Crippen molar-refractivity contribution in [1.82, 2.24) is 5.32 Å². The molecule has 1 N–H and O–H groups in total. The highest BCUT2D eigenvalue weighted by Crippen LogP contribution is 2.25. The first kappa shape index (κ1) is 25.3. The molecule has 0 aliphatic rings. The number of rotatable bonds is 11. The predicted molar refractivity (Wildman–Crippen MR) is 134 cm³/mol. The van der Waals surface area contributed by atoms with Gasteiger partial charge in [0.1, 0.15) is 6.54 Å². The molecule has 0 fully saturated rings. The molecular weight excluding hydrogens is 474 g/mol. The van der Waals surface area contributed by atoms with Crippen molar-refractivity contribution in [2.75, 3.05) is 23.1 Å². The molecule has 0 heterocycles. The zero-order valence-corrected chi connectivity index (χ0v) is 20.2. The molecule has 3 aromatic rings. The lowest BCUT2D eigenvalue weighted by Crippen LogP contribution is -2.41. The molecule has 0 radical (unpaired) electrons. The van der Waals surface area contributed by atoms with Crippen molar-refractivity contribution in [3.63, 3.8) is 0 Å². The topological polar surface area (TPSA) is 110 Å². The van der Waals surface area contributed by atoms with Crippen LogP contribution in [0, 0.1) is 17.0 Å². The van der Waals surface area contributed by atoms with E-state index in [4.69, 9.17) is 0 Å². The van der Waals surface area contributed by atoms with Crippen LogP contribution in [0.1, 0.15) is 11.1 Å². The highest BCUT2D eigenvalue weighted by Gasteiger charge is 2.27. The van der Waals surface area contributed by atoms with Crippen molar-refractivity contribution in [1.29, 1.82) is 0 Å². The molecule has 178 valence electrons. The summed E-state index contributed by atoms with van der Waals surface area (Å²) in [5.41, 5.74) is 2.39. The van der Waals surface area contributed by atoms with Crippen LogP contribution in [0.15, 0.2) is 83.8 Å². The van der Waals surface area contributed by atoms with Gasteiger partial charge in [-0.05, 0) is 36.8 Å². The first-order valence-corrected chi connectivity index (χ1v) is 13.1. The van der Waals surface area contributed by atoms with Gasteiger partial charge < -0.3 is 5.32 Å². The van der Waals surface area contributed by atoms with Gasteiger partial charge in [-0.3, -0.25) is 19.2 Å². The van der Waals surface area contributed by atoms with E-state index >= 15 is 0 Å². The van der Waals surface area contributed by atoms with Crippen LogP contribution in [0.25, 0.3) is 0 Å². The summed E-state index contributed by atoms with van der Waals surface area (Å²) in [4.78, 5) is 23.0. The number of sulfonamides is 1. The van der Waals surface area contributed by atoms with Crippen LogP contribution in [0.3, 0.4) is 0 Å². The molecule has 3 aromatic carbocycles. The number of nitro groups is 1. The SMILES string of the molecule is Cc1ccc(CSCCNC(=O)CN(c2ccc([N+](=O)[O-])cc2)S(=O)(=O)c2ccccc2)cc1. The molecule has 1 amide bonds. The highest BCUT2D eigenvalue weighted by molar-refractivity contribution is 7.98. The number of carbonyl (C=O) groups is 1. The second kappa shape index (κ2) is 11.7. The van der Waals surface area contributed by atoms with Gasteiger partial charge in [0, 0.05) is 30.2 Å². The molecular formula is C24H25N3O5S2. The quantitative estimate of drug-likeness (QED) is 0.241. The number of anilines is 1. The van der Waals surface area contributed by atoms with Gasteiger partial charge in [-0.2, -0.15) is 11.8 Å². The maximum atomic E-state index is 13.3. The minimum atomic E-state index is -4.06. The molecule has 0 aliphatic heterocycles. The van der Waals surface area contributed by atoms with Crippen LogP contribution in [0.5, 0.6) is 0 Å². The van der Waals surface area contributed by atoms with E-state index in [-0.39, 0.29) is 16.3 Å². The van der Waals surface area contributed by atoms with Crippen LogP contribution in [-0.2, 0) is 20.6 Å². The average Bonchev–Trinajstić information content (AvgIpc) is 2.84. The number of carbonyl (C=O) groups excluding carboxylic acids is 1. The molecule has 0 atom stereocenters. The number of amides is 1. The van der Waals surface area contributed by atoms with Gasteiger partial charge in [0.05, 0.1) is 15.5 Å². The Kier molecular flexibility index (Phi) is 8.67. The molecule has 0 bridgehead atoms. The molecule has 0 saturated carbocycles. The summed E-state index contributed by atoms with van der Waals surface area (Å²) < 4.78 is 27.5. The number of aryl methyl sites for hydroxylation is 1. The number of thioether (sulfide) groups is 1. The predicted octanol–water partition coefficient (Wildman–Crippen LogP) is 4.15. The maximum Gasteiger partial charge on any atom is 0.269 e. The van der Waals surface area contributed by atoms with Crippen molar-refractivity contribution in [2.24, 2.45) is 0 Å². The number of benzene rings is 3. The normalized spacial score (nSPS) is 11.1. The highest BCUT2D eigenvalue weighted by atomic mass is 32.2. The summed E-state index contributed by atoms with van der Waals surface area (Å²) in [5.74, 6) is 1.02. The Labute approximate surface area is 203 Å². The Hall–Kier alpha value is -3.37. The van der Waals surface area contributed by atoms with Gasteiger partial charge in [-0.15, -0.1) is 0 Å². The Bertz CT molecular complexity index is 1220. The fourth-order valence-corrected chi connectivity index (χ4v) is 5.36. The second-order valence-electron chi connectivity index (χ2n) is 7.49. The number of non-ortho nitro benzene ring substituents is 1. The summed E-state index contributed by atoms with van der Waals surface area (Å²) in [7, 11) is -4.06. The Morgan fingerprint density at radius 2 is 1.65 bits per heavy atom. The van der Waals surface area contributed by atoms with Crippen LogP contribution in [0.2, 0.25) is 0 Å². The number of nitrogens with zero attached hydrogens (tertiary/aromatic N) is 2. The van der Waals surface area contributed by atoms with E-state index in [0.29, 0.717) is 12.3 Å². The number of nitrogens with one attached hydrogen (secondary N) is 1. The van der Waals surface area contributed by atoms with Crippen molar-refractivity contribution in [2.45, 2.75) is 17.6 Å². The van der Waals surface area contributed by atoms with E-state index < -0.39 is 27.4 Å². The lowest BCUT2D eigenvalue weighted by molar-refractivity contribution is -0.384. The van der Waals surface area contributed by atoms with E-state index in [2.05, 4.69) is 29.6 Å². The summed E-state index contributed by atoms with van der Waals surface area (Å²) in [6, 6.07) is 21.1. The fraction of sp³-hybridized carbons (Fsp3) is 0.208. The maximum absolute atomic E-state index is 13.3.